The number of piperazine rings is 1. The van der Waals surface area contributed by atoms with Crippen molar-refractivity contribution in [1.29, 1.82) is 0 Å². The molecule has 3 rings (SSSR count). The van der Waals surface area contributed by atoms with Gasteiger partial charge in [-0.05, 0) is 71.1 Å². The van der Waals surface area contributed by atoms with Gasteiger partial charge in [0.05, 0.1) is 4.90 Å². The van der Waals surface area contributed by atoms with Gasteiger partial charge in [-0.1, -0.05) is 5.92 Å². The van der Waals surface area contributed by atoms with Crippen LogP contribution in [0.1, 0.15) is 15.9 Å². The summed E-state index contributed by atoms with van der Waals surface area (Å²) in [6.07, 6.45) is 5.30. The lowest BCUT2D eigenvalue weighted by Crippen LogP contribution is -2.61. The Kier molecular flexibility index (Phi) is 6.77. The second-order valence-corrected chi connectivity index (χ2v) is 9.67. The zero-order valence-electron chi connectivity index (χ0n) is 15.7. The van der Waals surface area contributed by atoms with E-state index in [1.54, 1.807) is 24.3 Å². The van der Waals surface area contributed by atoms with Gasteiger partial charge >= 0.3 is 0 Å². The van der Waals surface area contributed by atoms with E-state index in [0.717, 1.165) is 7.88 Å². The molecule has 1 atom stereocenters. The number of halogens is 1. The first-order valence-corrected chi connectivity index (χ1v) is 11.4. The van der Waals surface area contributed by atoms with E-state index in [9.17, 15) is 18.0 Å². The first kappa shape index (κ1) is 22.2. The molecule has 1 aliphatic rings. The number of amides is 2. The van der Waals surface area contributed by atoms with Crippen LogP contribution in [0.5, 0.6) is 0 Å². The second kappa shape index (κ2) is 9.13. The van der Waals surface area contributed by atoms with Crippen LogP contribution in [0.25, 0.3) is 0 Å². The smallest absolute Gasteiger partial charge is 0.263 e. The van der Waals surface area contributed by atoms with Crippen molar-refractivity contribution in [2.24, 2.45) is 0 Å². The maximum Gasteiger partial charge on any atom is 0.263 e. The highest BCUT2D eigenvalue weighted by Crippen LogP contribution is 2.23. The van der Waals surface area contributed by atoms with Gasteiger partial charge in [0.15, 0.2) is 0 Å². The first-order chi connectivity index (χ1) is 14.3. The predicted octanol–water partition coefficient (Wildman–Crippen LogP) is 1.29. The maximum absolute atomic E-state index is 13.1. The van der Waals surface area contributed by atoms with E-state index >= 15 is 0 Å². The number of hydroxylamine groups is 1. The van der Waals surface area contributed by atoms with E-state index in [1.165, 1.54) is 34.6 Å². The minimum Gasteiger partial charge on any atom is -0.335 e. The maximum atomic E-state index is 13.1. The highest BCUT2D eigenvalue weighted by atomic mass is 127. The molecule has 1 aliphatic heterocycles. The van der Waals surface area contributed by atoms with Crippen LogP contribution in [-0.2, 0) is 14.8 Å². The van der Waals surface area contributed by atoms with Crippen LogP contribution in [0.15, 0.2) is 53.4 Å². The number of terminal acetylenes is 1. The molecule has 1 unspecified atom stereocenters. The number of rotatable bonds is 4. The van der Waals surface area contributed by atoms with Crippen LogP contribution >= 0.6 is 22.6 Å². The highest BCUT2D eigenvalue weighted by Gasteiger charge is 2.41. The normalized spacial score (nSPS) is 17.2. The molecule has 30 heavy (non-hydrogen) atoms. The average Bonchev–Trinajstić information content (AvgIpc) is 2.78. The van der Waals surface area contributed by atoms with Crippen molar-refractivity contribution in [2.45, 2.75) is 10.9 Å². The van der Waals surface area contributed by atoms with Gasteiger partial charge in [-0.15, -0.1) is 6.42 Å². The fourth-order valence-electron chi connectivity index (χ4n) is 3.16. The van der Waals surface area contributed by atoms with Gasteiger partial charge in [0.25, 0.3) is 11.8 Å². The first-order valence-electron chi connectivity index (χ1n) is 8.85. The summed E-state index contributed by atoms with van der Waals surface area (Å²) in [6, 6.07) is 11.3. The van der Waals surface area contributed by atoms with Gasteiger partial charge in [-0.25, -0.2) is 13.9 Å². The Bertz CT molecular complexity index is 1090. The average molecular weight is 539 g/mol. The molecular weight excluding hydrogens is 521 g/mol. The van der Waals surface area contributed by atoms with Crippen molar-refractivity contribution in [1.82, 2.24) is 14.7 Å². The molecule has 0 bridgehead atoms. The summed E-state index contributed by atoms with van der Waals surface area (Å²) in [5, 5.41) is 9.13. The molecule has 2 aromatic rings. The fraction of sp³-hybridized carbons (Fsp3) is 0.200. The van der Waals surface area contributed by atoms with Gasteiger partial charge in [0, 0.05) is 34.3 Å². The Hall–Kier alpha value is -2.46. The number of carbonyl (C=O) groups excluding carboxylic acids is 2. The van der Waals surface area contributed by atoms with Crippen molar-refractivity contribution in [3.8, 4) is 12.3 Å². The van der Waals surface area contributed by atoms with Crippen LogP contribution in [0.2, 0.25) is 0 Å². The van der Waals surface area contributed by atoms with E-state index < -0.39 is 22.0 Å². The summed E-state index contributed by atoms with van der Waals surface area (Å²) >= 11 is 2.12. The zero-order valence-corrected chi connectivity index (χ0v) is 18.6. The van der Waals surface area contributed by atoms with Crippen LogP contribution in [0, 0.1) is 15.9 Å². The quantitative estimate of drug-likeness (QED) is 0.264. The minimum atomic E-state index is -4.06. The number of carbonyl (C=O) groups is 2. The molecule has 2 amide bonds. The summed E-state index contributed by atoms with van der Waals surface area (Å²) in [7, 11) is -4.06. The SMILES string of the molecule is C#Cc1ccc(S(=O)(=O)N2CCN(C(=O)c3ccc(I)cc3)CC2C(=O)NO)cc1. The summed E-state index contributed by atoms with van der Waals surface area (Å²) < 4.78 is 28.2. The summed E-state index contributed by atoms with van der Waals surface area (Å²) in [5.74, 6) is 1.17. The van der Waals surface area contributed by atoms with E-state index in [2.05, 4.69) is 28.5 Å². The van der Waals surface area contributed by atoms with Crippen molar-refractivity contribution < 1.29 is 23.2 Å². The lowest BCUT2D eigenvalue weighted by molar-refractivity contribution is -0.134. The third-order valence-corrected chi connectivity index (χ3v) is 7.39. The van der Waals surface area contributed by atoms with Gasteiger partial charge in [-0.2, -0.15) is 4.31 Å². The zero-order chi connectivity index (χ0) is 21.9. The molecule has 1 fully saturated rings. The summed E-state index contributed by atoms with van der Waals surface area (Å²) in [4.78, 5) is 26.4. The van der Waals surface area contributed by atoms with Crippen molar-refractivity contribution in [3.63, 3.8) is 0 Å². The standard InChI is InChI=1S/C20H18IN3O5S/c1-2-14-3-9-17(10-4-14)30(28,29)24-12-11-23(13-18(24)19(25)22-27)20(26)15-5-7-16(21)8-6-15/h1,3-10,18,27H,11-13H2,(H,22,25). The van der Waals surface area contributed by atoms with Crippen LogP contribution in [0.4, 0.5) is 0 Å². The Balaban J connectivity index is 1.88. The third kappa shape index (κ3) is 4.49. The summed E-state index contributed by atoms with van der Waals surface area (Å²) in [5.41, 5.74) is 2.45. The highest BCUT2D eigenvalue weighted by molar-refractivity contribution is 14.1. The Morgan fingerprint density at radius 3 is 2.30 bits per heavy atom. The Labute approximate surface area is 188 Å². The van der Waals surface area contributed by atoms with E-state index in [4.69, 9.17) is 11.6 Å². The molecule has 0 saturated carbocycles. The fourth-order valence-corrected chi connectivity index (χ4v) is 5.09. The molecule has 0 spiro atoms. The summed E-state index contributed by atoms with van der Waals surface area (Å²) in [6.45, 7) is -0.200. The molecule has 156 valence electrons. The van der Waals surface area contributed by atoms with Crippen LogP contribution in [-0.4, -0.2) is 60.3 Å². The number of hydrogen-bond donors (Lipinski definition) is 2. The number of sulfonamides is 1. The molecule has 2 aromatic carbocycles. The molecule has 1 heterocycles. The third-order valence-electron chi connectivity index (χ3n) is 4.75. The van der Waals surface area contributed by atoms with Gasteiger partial charge in [0.1, 0.15) is 6.04 Å². The molecule has 10 heteroatoms. The Morgan fingerprint density at radius 1 is 1.10 bits per heavy atom. The predicted molar refractivity (Wildman–Crippen MR) is 117 cm³/mol. The van der Waals surface area contributed by atoms with Crippen molar-refractivity contribution >= 4 is 44.4 Å². The van der Waals surface area contributed by atoms with E-state index in [1.807, 2.05) is 0 Å². The molecule has 0 aliphatic carbocycles. The molecule has 1 saturated heterocycles. The van der Waals surface area contributed by atoms with Gasteiger partial charge < -0.3 is 4.90 Å². The number of benzene rings is 2. The molecule has 0 aromatic heterocycles. The molecule has 8 nitrogen and oxygen atoms in total. The monoisotopic (exact) mass is 539 g/mol. The topological polar surface area (TPSA) is 107 Å². The van der Waals surface area contributed by atoms with E-state index in [0.29, 0.717) is 11.1 Å². The molecule has 2 N–H and O–H groups in total. The number of nitrogens with one attached hydrogen (secondary N) is 1. The van der Waals surface area contributed by atoms with E-state index in [-0.39, 0.29) is 30.4 Å². The van der Waals surface area contributed by atoms with Gasteiger partial charge in [0.2, 0.25) is 10.0 Å². The molecule has 0 radical (unpaired) electrons. The van der Waals surface area contributed by atoms with Crippen LogP contribution in [0.3, 0.4) is 0 Å². The van der Waals surface area contributed by atoms with Crippen molar-refractivity contribution in [3.05, 3.63) is 63.2 Å². The lowest BCUT2D eigenvalue weighted by atomic mass is 10.1. The van der Waals surface area contributed by atoms with Crippen LogP contribution < -0.4 is 5.48 Å². The van der Waals surface area contributed by atoms with Gasteiger partial charge in [-0.3, -0.25) is 14.8 Å². The molecular formula is C20H18IN3O5S. The Morgan fingerprint density at radius 2 is 1.73 bits per heavy atom. The largest absolute Gasteiger partial charge is 0.335 e. The minimum absolute atomic E-state index is 0.0327. The van der Waals surface area contributed by atoms with Crippen molar-refractivity contribution in [2.75, 3.05) is 19.6 Å². The number of nitrogens with zero attached hydrogens (tertiary/aromatic N) is 2. The second-order valence-electron chi connectivity index (χ2n) is 6.53. The lowest BCUT2D eigenvalue weighted by Gasteiger charge is -2.39. The number of hydrogen-bond acceptors (Lipinski definition) is 5.